The molecule has 1 aromatic heterocycles. The third kappa shape index (κ3) is 5.19. The fraction of sp³-hybridized carbons (Fsp3) is 0.583. The van der Waals surface area contributed by atoms with Gasteiger partial charge in [-0.2, -0.15) is 0 Å². The van der Waals surface area contributed by atoms with Crippen LogP contribution in [0.15, 0.2) is 15.9 Å². The molecular formula is C12H18BrNO2S. The monoisotopic (exact) mass is 319 g/mol. The van der Waals surface area contributed by atoms with Gasteiger partial charge in [-0.3, -0.25) is 10.1 Å². The molecule has 96 valence electrons. The summed E-state index contributed by atoms with van der Waals surface area (Å²) in [7, 11) is 1.44. The van der Waals surface area contributed by atoms with Crippen molar-refractivity contribution in [1.29, 1.82) is 0 Å². The molecule has 0 aromatic carbocycles. The lowest BCUT2D eigenvalue weighted by Gasteiger charge is -2.15. The van der Waals surface area contributed by atoms with Crippen molar-refractivity contribution in [3.8, 4) is 0 Å². The number of hydrogen-bond acceptors (Lipinski definition) is 4. The predicted octanol–water partition coefficient (Wildman–Crippen LogP) is 3.33. The molecule has 0 saturated carbocycles. The number of carbonyl (C=O) groups excluding carboxylic acids is 1. The maximum absolute atomic E-state index is 11.6. The van der Waals surface area contributed by atoms with E-state index in [4.69, 9.17) is 4.74 Å². The van der Waals surface area contributed by atoms with E-state index in [-0.39, 0.29) is 12.0 Å². The van der Waals surface area contributed by atoms with Crippen LogP contribution in [0.5, 0.6) is 0 Å². The minimum atomic E-state index is -0.194. The number of rotatable bonds is 7. The number of thiophene rings is 1. The minimum absolute atomic E-state index is 0.172. The summed E-state index contributed by atoms with van der Waals surface area (Å²) in [4.78, 5) is 12.8. The Morgan fingerprint density at radius 1 is 1.65 bits per heavy atom. The van der Waals surface area contributed by atoms with Crippen molar-refractivity contribution in [3.05, 3.63) is 20.8 Å². The Morgan fingerprint density at radius 2 is 2.41 bits per heavy atom. The van der Waals surface area contributed by atoms with Gasteiger partial charge >= 0.3 is 5.97 Å². The lowest BCUT2D eigenvalue weighted by atomic mass is 10.1. The quantitative estimate of drug-likeness (QED) is 0.783. The smallest absolute Gasteiger partial charge is 0.322 e. The van der Waals surface area contributed by atoms with Crippen LogP contribution in [0.2, 0.25) is 0 Å². The third-order valence-electron chi connectivity index (χ3n) is 2.48. The number of methoxy groups -OCH3 is 1. The van der Waals surface area contributed by atoms with E-state index in [0.29, 0.717) is 6.54 Å². The molecule has 1 atom stereocenters. The highest BCUT2D eigenvalue weighted by molar-refractivity contribution is 9.10. The Kier molecular flexibility index (Phi) is 6.77. The molecule has 0 amide bonds. The zero-order chi connectivity index (χ0) is 12.7. The molecule has 17 heavy (non-hydrogen) atoms. The molecule has 1 unspecified atom stereocenters. The average Bonchev–Trinajstić information content (AvgIpc) is 2.74. The fourth-order valence-electron chi connectivity index (χ4n) is 1.52. The van der Waals surface area contributed by atoms with Crippen LogP contribution in [-0.2, 0) is 16.1 Å². The Labute approximate surface area is 115 Å². The van der Waals surface area contributed by atoms with Crippen molar-refractivity contribution in [2.45, 2.75) is 38.8 Å². The number of ether oxygens (including phenoxy) is 1. The number of hydrogen-bond donors (Lipinski definition) is 1. The van der Waals surface area contributed by atoms with Crippen LogP contribution in [0, 0.1) is 0 Å². The molecule has 0 bridgehead atoms. The van der Waals surface area contributed by atoms with Crippen LogP contribution in [0.4, 0.5) is 0 Å². The van der Waals surface area contributed by atoms with Gasteiger partial charge in [0.05, 0.1) is 7.11 Å². The van der Waals surface area contributed by atoms with Gasteiger partial charge in [0.15, 0.2) is 0 Å². The van der Waals surface area contributed by atoms with Crippen LogP contribution < -0.4 is 5.32 Å². The second-order valence-electron chi connectivity index (χ2n) is 3.83. The lowest BCUT2D eigenvalue weighted by Crippen LogP contribution is -2.36. The van der Waals surface area contributed by atoms with E-state index in [0.717, 1.165) is 23.7 Å². The molecular weight excluding hydrogens is 302 g/mol. The first-order valence-corrected chi connectivity index (χ1v) is 7.38. The SMILES string of the molecule is CCCCC(NCc1cc(Br)cs1)C(=O)OC. The van der Waals surface area contributed by atoms with Gasteiger partial charge in [-0.05, 0) is 28.4 Å². The van der Waals surface area contributed by atoms with Crippen LogP contribution in [0.1, 0.15) is 31.1 Å². The summed E-state index contributed by atoms with van der Waals surface area (Å²) in [6.45, 7) is 2.82. The maximum Gasteiger partial charge on any atom is 0.322 e. The van der Waals surface area contributed by atoms with Gasteiger partial charge in [-0.1, -0.05) is 19.8 Å². The van der Waals surface area contributed by atoms with Gasteiger partial charge in [0.1, 0.15) is 6.04 Å². The lowest BCUT2D eigenvalue weighted by molar-refractivity contribution is -0.143. The summed E-state index contributed by atoms with van der Waals surface area (Å²) in [5.41, 5.74) is 0. The third-order valence-corrected chi connectivity index (χ3v) is 4.17. The summed E-state index contributed by atoms with van der Waals surface area (Å²) < 4.78 is 5.88. The molecule has 1 heterocycles. The van der Waals surface area contributed by atoms with Gasteiger partial charge in [0.25, 0.3) is 0 Å². The van der Waals surface area contributed by atoms with Gasteiger partial charge in [-0.15, -0.1) is 11.3 Å². The zero-order valence-electron chi connectivity index (χ0n) is 10.2. The highest BCUT2D eigenvalue weighted by atomic mass is 79.9. The molecule has 1 N–H and O–H groups in total. The van der Waals surface area contributed by atoms with Gasteiger partial charge < -0.3 is 4.74 Å². The van der Waals surface area contributed by atoms with Gasteiger partial charge in [0.2, 0.25) is 0 Å². The summed E-state index contributed by atoms with van der Waals surface area (Å²) in [6.07, 6.45) is 2.94. The molecule has 1 aromatic rings. The van der Waals surface area contributed by atoms with E-state index in [1.165, 1.54) is 12.0 Å². The molecule has 1 rings (SSSR count). The Hall–Kier alpha value is -0.390. The largest absolute Gasteiger partial charge is 0.468 e. The first kappa shape index (κ1) is 14.7. The van der Waals surface area contributed by atoms with Crippen LogP contribution in [-0.4, -0.2) is 19.1 Å². The summed E-state index contributed by atoms with van der Waals surface area (Å²) >= 11 is 5.09. The van der Waals surface area contributed by atoms with Crippen molar-refractivity contribution < 1.29 is 9.53 Å². The minimum Gasteiger partial charge on any atom is -0.468 e. The van der Waals surface area contributed by atoms with Crippen molar-refractivity contribution in [1.82, 2.24) is 5.32 Å². The second-order valence-corrected chi connectivity index (χ2v) is 5.74. The number of esters is 1. The standard InChI is InChI=1S/C12H18BrNO2S/c1-3-4-5-11(12(15)16-2)14-7-10-6-9(13)8-17-10/h6,8,11,14H,3-5,7H2,1-2H3. The molecule has 0 aliphatic carbocycles. The zero-order valence-corrected chi connectivity index (χ0v) is 12.6. The normalized spacial score (nSPS) is 12.4. The van der Waals surface area contributed by atoms with Gasteiger partial charge in [0, 0.05) is 21.3 Å². The fourth-order valence-corrected chi connectivity index (χ4v) is 2.93. The molecule has 0 fully saturated rings. The molecule has 0 saturated heterocycles. The molecule has 0 radical (unpaired) electrons. The van der Waals surface area contributed by atoms with Crippen molar-refractivity contribution in [2.75, 3.05) is 7.11 Å². The Morgan fingerprint density at radius 3 is 2.94 bits per heavy atom. The first-order chi connectivity index (χ1) is 8.17. The molecule has 0 spiro atoms. The Balaban J connectivity index is 2.45. The second kappa shape index (κ2) is 7.84. The number of halogens is 1. The predicted molar refractivity (Wildman–Crippen MR) is 74.2 cm³/mol. The number of nitrogens with one attached hydrogen (secondary N) is 1. The van der Waals surface area contributed by atoms with Crippen LogP contribution >= 0.6 is 27.3 Å². The van der Waals surface area contributed by atoms with Crippen LogP contribution in [0.3, 0.4) is 0 Å². The molecule has 0 aliphatic heterocycles. The van der Waals surface area contributed by atoms with E-state index < -0.39 is 0 Å². The summed E-state index contributed by atoms with van der Waals surface area (Å²) in [6, 6.07) is 1.87. The van der Waals surface area contributed by atoms with E-state index >= 15 is 0 Å². The van der Waals surface area contributed by atoms with Crippen molar-refractivity contribution >= 4 is 33.2 Å². The Bertz CT molecular complexity index is 354. The highest BCUT2D eigenvalue weighted by Gasteiger charge is 2.17. The van der Waals surface area contributed by atoms with Crippen molar-refractivity contribution in [3.63, 3.8) is 0 Å². The molecule has 0 aliphatic rings. The molecule has 3 nitrogen and oxygen atoms in total. The number of carbonyl (C=O) groups is 1. The summed E-state index contributed by atoms with van der Waals surface area (Å²) in [5, 5.41) is 5.29. The van der Waals surface area contributed by atoms with Gasteiger partial charge in [-0.25, -0.2) is 0 Å². The summed E-state index contributed by atoms with van der Waals surface area (Å²) in [5.74, 6) is -0.172. The van der Waals surface area contributed by atoms with E-state index in [1.807, 2.05) is 5.38 Å². The van der Waals surface area contributed by atoms with E-state index in [2.05, 4.69) is 34.2 Å². The number of unbranched alkanes of at least 4 members (excludes halogenated alkanes) is 1. The average molecular weight is 320 g/mol. The van der Waals surface area contributed by atoms with Crippen LogP contribution in [0.25, 0.3) is 0 Å². The molecule has 5 heteroatoms. The highest BCUT2D eigenvalue weighted by Crippen LogP contribution is 2.19. The maximum atomic E-state index is 11.6. The van der Waals surface area contributed by atoms with Crippen molar-refractivity contribution in [2.24, 2.45) is 0 Å². The topological polar surface area (TPSA) is 38.3 Å². The van der Waals surface area contributed by atoms with E-state index in [1.54, 1.807) is 11.3 Å². The first-order valence-electron chi connectivity index (χ1n) is 5.71. The van der Waals surface area contributed by atoms with E-state index in [9.17, 15) is 4.79 Å².